The van der Waals surface area contributed by atoms with Crippen molar-refractivity contribution in [3.63, 3.8) is 0 Å². The smallest absolute Gasteiger partial charge is 0.309 e. The fraction of sp³-hybridized carbons (Fsp3) is 0.818. The number of amides is 1. The molecule has 0 aromatic heterocycles. The van der Waals surface area contributed by atoms with Gasteiger partial charge in [0.15, 0.2) is 0 Å². The van der Waals surface area contributed by atoms with Gasteiger partial charge in [0.2, 0.25) is 5.91 Å². The van der Waals surface area contributed by atoms with Crippen LogP contribution in [0.1, 0.15) is 26.7 Å². The molecule has 92 valence electrons. The molecule has 5 nitrogen and oxygen atoms in total. The maximum absolute atomic E-state index is 11.6. The van der Waals surface area contributed by atoms with Gasteiger partial charge in [-0.3, -0.25) is 14.5 Å². The Hall–Kier alpha value is -1.10. The first-order chi connectivity index (χ1) is 7.56. The number of likely N-dealkylation sites (tertiary alicyclic amines) is 1. The Balaban J connectivity index is 2.19. The van der Waals surface area contributed by atoms with Gasteiger partial charge in [-0.2, -0.15) is 0 Å². The highest BCUT2D eigenvalue weighted by atomic mass is 16.4. The normalized spacial score (nSPS) is 17.2. The van der Waals surface area contributed by atoms with Crippen molar-refractivity contribution in [2.24, 2.45) is 5.92 Å². The van der Waals surface area contributed by atoms with Gasteiger partial charge < -0.3 is 10.4 Å². The molecule has 0 unspecified atom stereocenters. The van der Waals surface area contributed by atoms with Crippen molar-refractivity contribution >= 4 is 11.9 Å². The maximum Gasteiger partial charge on any atom is 0.309 e. The topological polar surface area (TPSA) is 69.6 Å². The summed E-state index contributed by atoms with van der Waals surface area (Å²) in [6.07, 6.45) is 1.86. The quantitative estimate of drug-likeness (QED) is 0.686. The van der Waals surface area contributed by atoms with Crippen molar-refractivity contribution in [3.05, 3.63) is 0 Å². The van der Waals surface area contributed by atoms with Gasteiger partial charge in [0.1, 0.15) is 0 Å². The fourth-order valence-corrected chi connectivity index (χ4v) is 1.82. The molecule has 0 aliphatic carbocycles. The first kappa shape index (κ1) is 13.0. The monoisotopic (exact) mass is 228 g/mol. The molecule has 0 radical (unpaired) electrons. The first-order valence-electron chi connectivity index (χ1n) is 5.81. The van der Waals surface area contributed by atoms with E-state index in [-0.39, 0.29) is 17.9 Å². The van der Waals surface area contributed by atoms with E-state index >= 15 is 0 Å². The number of carbonyl (C=O) groups excluding carboxylic acids is 1. The van der Waals surface area contributed by atoms with E-state index in [2.05, 4.69) is 5.32 Å². The molecule has 1 heterocycles. The standard InChI is InChI=1S/C11H20N2O3/c1-3-9(4-2)12-10(14)7-13-5-8(6-13)11(15)16/h8-9H,3-7H2,1-2H3,(H,12,14)(H,15,16). The van der Waals surface area contributed by atoms with E-state index in [1.165, 1.54) is 0 Å². The Morgan fingerprint density at radius 1 is 1.38 bits per heavy atom. The number of nitrogens with zero attached hydrogens (tertiary/aromatic N) is 1. The molecule has 1 rings (SSSR count). The number of nitrogens with one attached hydrogen (secondary N) is 1. The molecule has 1 aliphatic rings. The highest BCUT2D eigenvalue weighted by molar-refractivity contribution is 5.79. The zero-order valence-corrected chi connectivity index (χ0v) is 9.90. The van der Waals surface area contributed by atoms with Crippen LogP contribution in [0.3, 0.4) is 0 Å². The minimum Gasteiger partial charge on any atom is -0.481 e. The zero-order chi connectivity index (χ0) is 12.1. The minimum absolute atomic E-state index is 0.00228. The largest absolute Gasteiger partial charge is 0.481 e. The molecule has 0 aromatic carbocycles. The van der Waals surface area contributed by atoms with E-state index in [1.54, 1.807) is 0 Å². The van der Waals surface area contributed by atoms with Crippen molar-refractivity contribution in [2.75, 3.05) is 19.6 Å². The molecule has 0 aromatic rings. The molecule has 16 heavy (non-hydrogen) atoms. The van der Waals surface area contributed by atoms with Crippen LogP contribution in [0.2, 0.25) is 0 Å². The third-order valence-electron chi connectivity index (χ3n) is 3.02. The molecule has 1 fully saturated rings. The van der Waals surface area contributed by atoms with Gasteiger partial charge >= 0.3 is 5.97 Å². The summed E-state index contributed by atoms with van der Waals surface area (Å²) < 4.78 is 0. The first-order valence-corrected chi connectivity index (χ1v) is 5.81. The number of hydrogen-bond acceptors (Lipinski definition) is 3. The Labute approximate surface area is 95.8 Å². The third-order valence-corrected chi connectivity index (χ3v) is 3.02. The van der Waals surface area contributed by atoms with Crippen LogP contribution in [-0.4, -0.2) is 47.6 Å². The maximum atomic E-state index is 11.6. The number of hydrogen-bond donors (Lipinski definition) is 2. The van der Waals surface area contributed by atoms with Crippen LogP contribution in [0.4, 0.5) is 0 Å². The average Bonchev–Trinajstić information content (AvgIpc) is 2.18. The van der Waals surface area contributed by atoms with Crippen LogP contribution in [0.5, 0.6) is 0 Å². The van der Waals surface area contributed by atoms with Crippen molar-refractivity contribution in [2.45, 2.75) is 32.7 Å². The highest BCUT2D eigenvalue weighted by Crippen LogP contribution is 2.14. The van der Waals surface area contributed by atoms with Crippen LogP contribution >= 0.6 is 0 Å². The van der Waals surface area contributed by atoms with E-state index < -0.39 is 5.97 Å². The lowest BCUT2D eigenvalue weighted by Crippen LogP contribution is -2.54. The molecular formula is C11H20N2O3. The van der Waals surface area contributed by atoms with E-state index in [9.17, 15) is 9.59 Å². The molecule has 2 N–H and O–H groups in total. The Kier molecular flexibility index (Phi) is 4.73. The highest BCUT2D eigenvalue weighted by Gasteiger charge is 2.33. The summed E-state index contributed by atoms with van der Waals surface area (Å²) in [5.41, 5.74) is 0. The summed E-state index contributed by atoms with van der Waals surface area (Å²) in [5, 5.41) is 11.6. The van der Waals surface area contributed by atoms with Gasteiger partial charge in [-0.05, 0) is 12.8 Å². The van der Waals surface area contributed by atoms with Gasteiger partial charge in [-0.25, -0.2) is 0 Å². The Morgan fingerprint density at radius 2 is 1.94 bits per heavy atom. The van der Waals surface area contributed by atoms with Crippen LogP contribution in [0, 0.1) is 5.92 Å². The molecular weight excluding hydrogens is 208 g/mol. The predicted molar refractivity (Wildman–Crippen MR) is 60.1 cm³/mol. The van der Waals surface area contributed by atoms with Crippen LogP contribution in [0.15, 0.2) is 0 Å². The summed E-state index contributed by atoms with van der Waals surface area (Å²) >= 11 is 0. The van der Waals surface area contributed by atoms with E-state index in [0.29, 0.717) is 19.6 Å². The minimum atomic E-state index is -0.767. The number of rotatable bonds is 6. The molecule has 5 heteroatoms. The van der Waals surface area contributed by atoms with E-state index in [1.807, 2.05) is 18.7 Å². The van der Waals surface area contributed by atoms with E-state index in [0.717, 1.165) is 12.8 Å². The predicted octanol–water partition coefficient (Wildman–Crippen LogP) is 0.308. The SMILES string of the molecule is CCC(CC)NC(=O)CN1CC(C(=O)O)C1. The van der Waals surface area contributed by atoms with Gasteiger partial charge in [0.05, 0.1) is 12.5 Å². The zero-order valence-electron chi connectivity index (χ0n) is 9.90. The molecule has 1 aliphatic heterocycles. The number of aliphatic carboxylic acids is 1. The fourth-order valence-electron chi connectivity index (χ4n) is 1.82. The van der Waals surface area contributed by atoms with Crippen molar-refractivity contribution in [3.8, 4) is 0 Å². The molecule has 0 bridgehead atoms. The Bertz CT molecular complexity index is 258. The molecule has 1 amide bonds. The van der Waals surface area contributed by atoms with Gasteiger partial charge in [-0.15, -0.1) is 0 Å². The van der Waals surface area contributed by atoms with Crippen molar-refractivity contribution in [1.29, 1.82) is 0 Å². The number of carboxylic acid groups (broad SMARTS) is 1. The molecule has 0 saturated carbocycles. The summed E-state index contributed by atoms with van der Waals surface area (Å²) in [7, 11) is 0. The van der Waals surface area contributed by atoms with Crippen LogP contribution < -0.4 is 5.32 Å². The molecule has 1 saturated heterocycles. The second-order valence-corrected chi connectivity index (χ2v) is 4.31. The Morgan fingerprint density at radius 3 is 2.38 bits per heavy atom. The summed E-state index contributed by atoms with van der Waals surface area (Å²) in [4.78, 5) is 24.0. The van der Waals surface area contributed by atoms with Crippen LogP contribution in [0.25, 0.3) is 0 Å². The number of carbonyl (C=O) groups is 2. The second kappa shape index (κ2) is 5.84. The van der Waals surface area contributed by atoms with Crippen molar-refractivity contribution < 1.29 is 14.7 Å². The summed E-state index contributed by atoms with van der Waals surface area (Å²) in [6.45, 7) is 5.38. The van der Waals surface area contributed by atoms with Gasteiger partial charge in [0.25, 0.3) is 0 Å². The average molecular weight is 228 g/mol. The molecule has 0 spiro atoms. The summed E-state index contributed by atoms with van der Waals surface area (Å²) in [6, 6.07) is 0.240. The lowest BCUT2D eigenvalue weighted by molar-refractivity contribution is -0.148. The van der Waals surface area contributed by atoms with Crippen LogP contribution in [-0.2, 0) is 9.59 Å². The lowest BCUT2D eigenvalue weighted by atomic mass is 10.0. The third kappa shape index (κ3) is 3.48. The van der Waals surface area contributed by atoms with Crippen molar-refractivity contribution in [1.82, 2.24) is 10.2 Å². The van der Waals surface area contributed by atoms with Gasteiger partial charge in [0, 0.05) is 19.1 Å². The van der Waals surface area contributed by atoms with Gasteiger partial charge in [-0.1, -0.05) is 13.8 Å². The van der Waals surface area contributed by atoms with E-state index in [4.69, 9.17) is 5.11 Å². The summed E-state index contributed by atoms with van der Waals surface area (Å²) in [5.74, 6) is -1.06. The second-order valence-electron chi connectivity index (χ2n) is 4.31. The lowest BCUT2D eigenvalue weighted by Gasteiger charge is -2.36. The number of carboxylic acids is 1. The molecule has 0 atom stereocenters.